The molecule has 112 valence electrons. The van der Waals surface area contributed by atoms with E-state index in [1.165, 1.54) is 5.56 Å². The summed E-state index contributed by atoms with van der Waals surface area (Å²) in [5.74, 6) is 1.65. The topological polar surface area (TPSA) is 50.7 Å². The fraction of sp³-hybridized carbons (Fsp3) is 0.438. The van der Waals surface area contributed by atoms with Gasteiger partial charge in [0.05, 0.1) is 9.26 Å². The average molecular weight is 396 g/mol. The molecule has 21 heavy (non-hydrogen) atoms. The average Bonchev–Trinajstić information content (AvgIpc) is 2.46. The second-order valence-corrected chi connectivity index (χ2v) is 7.02. The van der Waals surface area contributed by atoms with Gasteiger partial charge in [-0.15, -0.1) is 0 Å². The third-order valence-corrected chi connectivity index (χ3v) is 4.35. The molecule has 2 rings (SSSR count). The highest BCUT2D eigenvalue weighted by atomic mass is 127. The largest absolute Gasteiger partial charge is 0.372 e. The molecule has 0 amide bonds. The van der Waals surface area contributed by atoms with Crippen LogP contribution in [0, 0.1) is 3.57 Å². The van der Waals surface area contributed by atoms with Gasteiger partial charge in [0.15, 0.2) is 5.82 Å². The third-order valence-electron chi connectivity index (χ3n) is 3.32. The van der Waals surface area contributed by atoms with E-state index in [9.17, 15) is 0 Å². The molecule has 0 aliphatic rings. The Balaban J connectivity index is 2.70. The van der Waals surface area contributed by atoms with E-state index >= 15 is 0 Å². The molecule has 2 aromatic heterocycles. The van der Waals surface area contributed by atoms with Crippen molar-refractivity contribution in [1.29, 1.82) is 0 Å². The molecular weight excluding hydrogens is 375 g/mol. The van der Waals surface area contributed by atoms with Gasteiger partial charge in [-0.3, -0.25) is 4.98 Å². The number of hydrogen-bond acceptors (Lipinski definition) is 4. The van der Waals surface area contributed by atoms with Gasteiger partial charge in [-0.1, -0.05) is 27.7 Å². The van der Waals surface area contributed by atoms with Crippen molar-refractivity contribution in [3.05, 3.63) is 33.3 Å². The predicted octanol–water partition coefficient (Wildman–Crippen LogP) is 4.04. The molecule has 1 N–H and O–H groups in total. The van der Waals surface area contributed by atoms with Crippen molar-refractivity contribution >= 4 is 28.4 Å². The molecule has 2 heterocycles. The fourth-order valence-corrected chi connectivity index (χ4v) is 3.48. The smallest absolute Gasteiger partial charge is 0.162 e. The van der Waals surface area contributed by atoms with Crippen LogP contribution in [0.4, 0.5) is 5.82 Å². The van der Waals surface area contributed by atoms with Gasteiger partial charge in [0, 0.05) is 30.4 Å². The maximum absolute atomic E-state index is 4.84. The highest BCUT2D eigenvalue weighted by molar-refractivity contribution is 14.1. The van der Waals surface area contributed by atoms with Gasteiger partial charge in [0.1, 0.15) is 5.82 Å². The lowest BCUT2D eigenvalue weighted by molar-refractivity contribution is 0.564. The Kier molecular flexibility index (Phi) is 4.81. The van der Waals surface area contributed by atoms with E-state index < -0.39 is 0 Å². The van der Waals surface area contributed by atoms with Crippen molar-refractivity contribution in [3.63, 3.8) is 0 Å². The Morgan fingerprint density at radius 2 is 1.95 bits per heavy atom. The Labute approximate surface area is 140 Å². The molecule has 4 nitrogen and oxygen atoms in total. The minimum atomic E-state index is -0.0285. The lowest BCUT2D eigenvalue weighted by Gasteiger charge is -2.22. The molecule has 0 saturated carbocycles. The van der Waals surface area contributed by atoms with Crippen LogP contribution >= 0.6 is 22.6 Å². The van der Waals surface area contributed by atoms with Gasteiger partial charge >= 0.3 is 0 Å². The van der Waals surface area contributed by atoms with Crippen molar-refractivity contribution in [2.75, 3.05) is 12.4 Å². The first-order chi connectivity index (χ1) is 9.88. The first-order valence-corrected chi connectivity index (χ1v) is 8.15. The number of hydrogen-bond donors (Lipinski definition) is 1. The number of nitrogens with zero attached hydrogens (tertiary/aromatic N) is 3. The van der Waals surface area contributed by atoms with Crippen LogP contribution in [0.5, 0.6) is 0 Å². The van der Waals surface area contributed by atoms with E-state index in [0.717, 1.165) is 32.9 Å². The van der Waals surface area contributed by atoms with Crippen LogP contribution in [0.2, 0.25) is 0 Å². The van der Waals surface area contributed by atoms with Crippen LogP contribution in [0.1, 0.15) is 39.0 Å². The second kappa shape index (κ2) is 6.25. The molecule has 0 bridgehead atoms. The van der Waals surface area contributed by atoms with E-state index in [2.05, 4.69) is 65.6 Å². The summed E-state index contributed by atoms with van der Waals surface area (Å²) in [6, 6.07) is 1.99. The van der Waals surface area contributed by atoms with E-state index in [4.69, 9.17) is 4.98 Å². The van der Waals surface area contributed by atoms with Gasteiger partial charge in [-0.25, -0.2) is 9.97 Å². The summed E-state index contributed by atoms with van der Waals surface area (Å²) in [6.07, 6.45) is 4.61. The van der Waals surface area contributed by atoms with Gasteiger partial charge in [0.2, 0.25) is 0 Å². The zero-order valence-corrected chi connectivity index (χ0v) is 15.3. The summed E-state index contributed by atoms with van der Waals surface area (Å²) >= 11 is 2.32. The number of anilines is 1. The molecule has 5 heteroatoms. The SMILES string of the molecule is CCc1cnccc1-c1nc(NC)c(I)c(C(C)(C)C)n1. The Hall–Kier alpha value is -1.24. The molecule has 0 unspecified atom stereocenters. The van der Waals surface area contributed by atoms with Gasteiger partial charge in [-0.2, -0.15) is 0 Å². The number of nitrogens with one attached hydrogen (secondary N) is 1. The predicted molar refractivity (Wildman–Crippen MR) is 95.6 cm³/mol. The number of pyridine rings is 1. The Morgan fingerprint density at radius 1 is 1.24 bits per heavy atom. The van der Waals surface area contributed by atoms with Crippen LogP contribution in [-0.4, -0.2) is 22.0 Å². The molecule has 0 aliphatic heterocycles. The fourth-order valence-electron chi connectivity index (χ4n) is 2.16. The summed E-state index contributed by atoms with van der Waals surface area (Å²) in [5.41, 5.74) is 3.27. The minimum absolute atomic E-state index is 0.0285. The minimum Gasteiger partial charge on any atom is -0.372 e. The maximum Gasteiger partial charge on any atom is 0.162 e. The molecule has 0 saturated heterocycles. The van der Waals surface area contributed by atoms with E-state index in [1.54, 1.807) is 6.20 Å². The molecule has 0 atom stereocenters. The second-order valence-electron chi connectivity index (χ2n) is 5.94. The van der Waals surface area contributed by atoms with E-state index in [1.807, 2.05) is 19.3 Å². The van der Waals surface area contributed by atoms with Crippen molar-refractivity contribution in [2.24, 2.45) is 0 Å². The summed E-state index contributed by atoms with van der Waals surface area (Å²) in [6.45, 7) is 8.65. The quantitative estimate of drug-likeness (QED) is 0.796. The van der Waals surface area contributed by atoms with Crippen molar-refractivity contribution < 1.29 is 0 Å². The Bertz CT molecular complexity index is 647. The number of rotatable bonds is 3. The molecule has 0 aliphatic carbocycles. The van der Waals surface area contributed by atoms with Crippen molar-refractivity contribution in [1.82, 2.24) is 15.0 Å². The standard InChI is InChI=1S/C16H21IN4/c1-6-10-9-19-8-7-11(10)14-20-13(16(2,3)4)12(17)15(18-5)21-14/h7-9H,6H2,1-5H3,(H,18,20,21). The van der Waals surface area contributed by atoms with Gasteiger partial charge in [-0.05, 0) is 40.6 Å². The first kappa shape index (κ1) is 16.1. The van der Waals surface area contributed by atoms with E-state index in [-0.39, 0.29) is 5.41 Å². The summed E-state index contributed by atoms with van der Waals surface area (Å²) < 4.78 is 1.08. The van der Waals surface area contributed by atoms with E-state index in [0.29, 0.717) is 0 Å². The van der Waals surface area contributed by atoms with Gasteiger partial charge < -0.3 is 5.32 Å². The molecule has 0 radical (unpaired) electrons. The molecular formula is C16H21IN4. The summed E-state index contributed by atoms with van der Waals surface area (Å²) in [4.78, 5) is 13.7. The van der Waals surface area contributed by atoms with Crippen LogP contribution in [0.25, 0.3) is 11.4 Å². The highest BCUT2D eigenvalue weighted by Gasteiger charge is 2.23. The first-order valence-electron chi connectivity index (χ1n) is 7.07. The highest BCUT2D eigenvalue weighted by Crippen LogP contribution is 2.32. The number of aryl methyl sites for hydroxylation is 1. The van der Waals surface area contributed by atoms with Crippen LogP contribution in [0.15, 0.2) is 18.5 Å². The zero-order valence-electron chi connectivity index (χ0n) is 13.2. The number of aromatic nitrogens is 3. The number of halogens is 1. The summed E-state index contributed by atoms with van der Waals surface area (Å²) in [7, 11) is 1.90. The van der Waals surface area contributed by atoms with Crippen LogP contribution in [0.3, 0.4) is 0 Å². The Morgan fingerprint density at radius 3 is 2.52 bits per heavy atom. The molecule has 2 aromatic rings. The van der Waals surface area contributed by atoms with Crippen molar-refractivity contribution in [2.45, 2.75) is 39.5 Å². The molecule has 0 aromatic carbocycles. The maximum atomic E-state index is 4.84. The van der Waals surface area contributed by atoms with Gasteiger partial charge in [0.25, 0.3) is 0 Å². The lowest BCUT2D eigenvalue weighted by atomic mass is 9.91. The van der Waals surface area contributed by atoms with Crippen LogP contribution < -0.4 is 5.32 Å². The normalized spacial score (nSPS) is 11.5. The summed E-state index contributed by atoms with van der Waals surface area (Å²) in [5, 5.41) is 3.18. The van der Waals surface area contributed by atoms with Crippen molar-refractivity contribution in [3.8, 4) is 11.4 Å². The molecule has 0 spiro atoms. The lowest BCUT2D eigenvalue weighted by Crippen LogP contribution is -2.18. The monoisotopic (exact) mass is 396 g/mol. The van der Waals surface area contributed by atoms with Crippen LogP contribution in [-0.2, 0) is 11.8 Å². The third kappa shape index (κ3) is 3.33. The molecule has 0 fully saturated rings. The zero-order chi connectivity index (χ0) is 15.6.